The third-order valence-corrected chi connectivity index (χ3v) is 21.3. The summed E-state index contributed by atoms with van der Waals surface area (Å²) < 4.78 is 68.6. The molecule has 0 heterocycles. The molecule has 0 aliphatic rings. The Labute approximate surface area is 613 Å². The van der Waals surface area contributed by atoms with Gasteiger partial charge in [-0.1, -0.05) is 381 Å². The number of aliphatic hydroxyl groups excluding tert-OH is 1. The minimum absolute atomic E-state index is 0.107. The predicted molar refractivity (Wildman–Crippen MR) is 409 cm³/mol. The first-order valence-corrected chi connectivity index (χ1v) is 45.2. The second kappa shape index (κ2) is 73.9. The number of carbonyl (C=O) groups excluding carboxylic acids is 4. The molecule has 3 N–H and O–H groups in total. The number of esters is 4. The van der Waals surface area contributed by atoms with Crippen LogP contribution in [-0.4, -0.2) is 96.7 Å². The van der Waals surface area contributed by atoms with Gasteiger partial charge in [-0.2, -0.15) is 0 Å². The molecule has 0 amide bonds. The van der Waals surface area contributed by atoms with E-state index >= 15 is 0 Å². The van der Waals surface area contributed by atoms with Crippen LogP contribution in [0, 0.1) is 5.92 Å². The molecule has 0 saturated heterocycles. The van der Waals surface area contributed by atoms with Gasteiger partial charge >= 0.3 is 39.5 Å². The maximum Gasteiger partial charge on any atom is 0.472 e. The molecule has 6 atom stereocenters. The summed E-state index contributed by atoms with van der Waals surface area (Å²) in [6.45, 7) is 7.32. The second-order valence-corrected chi connectivity index (χ2v) is 32.3. The zero-order valence-corrected chi connectivity index (χ0v) is 67.1. The highest BCUT2D eigenvalue weighted by molar-refractivity contribution is 7.47. The lowest BCUT2D eigenvalue weighted by molar-refractivity contribution is -0.161. The minimum atomic E-state index is -4.96. The molecule has 0 spiro atoms. The molecule has 0 saturated carbocycles. The van der Waals surface area contributed by atoms with Gasteiger partial charge in [-0.3, -0.25) is 37.3 Å². The highest BCUT2D eigenvalue weighted by Gasteiger charge is 2.30. The minimum Gasteiger partial charge on any atom is -0.462 e. The molecule has 0 bridgehead atoms. The first kappa shape index (κ1) is 98.1. The summed E-state index contributed by atoms with van der Waals surface area (Å²) in [5, 5.41) is 10.6. The Bertz CT molecular complexity index is 1910. The van der Waals surface area contributed by atoms with Crippen molar-refractivity contribution in [2.24, 2.45) is 5.92 Å². The maximum absolute atomic E-state index is 13.1. The summed E-state index contributed by atoms with van der Waals surface area (Å²) in [5.41, 5.74) is 0. The first-order valence-electron chi connectivity index (χ1n) is 42.2. The van der Waals surface area contributed by atoms with Gasteiger partial charge in [0.05, 0.1) is 26.4 Å². The van der Waals surface area contributed by atoms with Crippen molar-refractivity contribution in [2.45, 2.75) is 451 Å². The number of hydrogen-bond acceptors (Lipinski definition) is 15. The number of ether oxygens (including phenoxy) is 4. The van der Waals surface area contributed by atoms with Crippen molar-refractivity contribution in [3.63, 3.8) is 0 Å². The molecule has 0 aromatic rings. The Morgan fingerprint density at radius 1 is 0.280 bits per heavy atom. The first-order chi connectivity index (χ1) is 48.6. The summed E-state index contributed by atoms with van der Waals surface area (Å²) >= 11 is 0. The van der Waals surface area contributed by atoms with Crippen LogP contribution >= 0.6 is 15.6 Å². The summed E-state index contributed by atoms with van der Waals surface area (Å²) in [4.78, 5) is 72.9. The van der Waals surface area contributed by atoms with Gasteiger partial charge in [-0.15, -0.1) is 0 Å². The van der Waals surface area contributed by atoms with Gasteiger partial charge in [-0.05, 0) is 31.6 Å². The van der Waals surface area contributed by atoms with Crippen molar-refractivity contribution in [1.82, 2.24) is 0 Å². The predicted octanol–water partition coefficient (Wildman–Crippen LogP) is 24.4. The van der Waals surface area contributed by atoms with Crippen molar-refractivity contribution in [1.29, 1.82) is 0 Å². The standard InChI is InChI=1S/C81H158O17P2/c1-6-10-13-16-19-22-24-26-28-30-31-32-33-35-37-39-41-46-51-56-61-66-80(85)98-77(71-92-79(84)65-60-55-50-45-40-38-36-34-29-27-25-23-20-17-14-11-7-2)73-96-100(89,90)94-69-75(82)68-93-99(87,88)95-72-76(70-91-78(83)64-59-54-49-21-18-15-12-8-3)97-81(86)67-62-57-52-47-43-42-44-48-53-58-63-74(5)9-4/h74-77,82H,6-73H2,1-5H3,(H,87,88)(H,89,90)/t74?,75-,76+,77+/m0/s1. The Morgan fingerprint density at radius 2 is 0.480 bits per heavy atom. The number of phosphoric ester groups is 2. The summed E-state index contributed by atoms with van der Waals surface area (Å²) in [6, 6.07) is 0. The van der Waals surface area contributed by atoms with E-state index in [0.29, 0.717) is 25.7 Å². The third kappa shape index (κ3) is 73.0. The average Bonchev–Trinajstić information content (AvgIpc) is 0.934. The van der Waals surface area contributed by atoms with Crippen LogP contribution in [-0.2, 0) is 65.4 Å². The van der Waals surface area contributed by atoms with Crippen LogP contribution < -0.4 is 0 Å². The number of phosphoric acid groups is 2. The molecule has 3 unspecified atom stereocenters. The maximum atomic E-state index is 13.1. The molecule has 0 rings (SSSR count). The van der Waals surface area contributed by atoms with Crippen molar-refractivity contribution >= 4 is 39.5 Å². The number of hydrogen-bond donors (Lipinski definition) is 3. The van der Waals surface area contributed by atoms with Crippen LogP contribution in [0.5, 0.6) is 0 Å². The topological polar surface area (TPSA) is 237 Å². The van der Waals surface area contributed by atoms with Crippen molar-refractivity contribution in [2.75, 3.05) is 39.6 Å². The molecule has 19 heteroatoms. The number of rotatable bonds is 81. The van der Waals surface area contributed by atoms with Gasteiger partial charge in [0.1, 0.15) is 19.3 Å². The van der Waals surface area contributed by atoms with Crippen LogP contribution in [0.25, 0.3) is 0 Å². The quantitative estimate of drug-likeness (QED) is 0.0222. The smallest absolute Gasteiger partial charge is 0.462 e. The van der Waals surface area contributed by atoms with Crippen LogP contribution in [0.2, 0.25) is 0 Å². The van der Waals surface area contributed by atoms with Gasteiger partial charge in [-0.25, -0.2) is 9.13 Å². The van der Waals surface area contributed by atoms with Crippen molar-refractivity contribution in [3.05, 3.63) is 0 Å². The van der Waals surface area contributed by atoms with Gasteiger partial charge in [0.2, 0.25) is 0 Å². The normalized spacial score (nSPS) is 14.1. The van der Waals surface area contributed by atoms with E-state index < -0.39 is 97.5 Å². The highest BCUT2D eigenvalue weighted by atomic mass is 31.2. The molecular formula is C81H158O17P2. The van der Waals surface area contributed by atoms with Crippen LogP contribution in [0.15, 0.2) is 0 Å². The molecule has 100 heavy (non-hydrogen) atoms. The van der Waals surface area contributed by atoms with Crippen LogP contribution in [0.4, 0.5) is 0 Å². The summed E-state index contributed by atoms with van der Waals surface area (Å²) in [6.07, 6.45) is 65.3. The molecule has 0 radical (unpaired) electrons. The lowest BCUT2D eigenvalue weighted by atomic mass is 9.99. The van der Waals surface area contributed by atoms with Gasteiger partial charge in [0, 0.05) is 25.7 Å². The Balaban J connectivity index is 5.19. The van der Waals surface area contributed by atoms with Gasteiger partial charge in [0.15, 0.2) is 12.2 Å². The van der Waals surface area contributed by atoms with E-state index in [1.54, 1.807) is 0 Å². The lowest BCUT2D eigenvalue weighted by Crippen LogP contribution is -2.30. The van der Waals surface area contributed by atoms with Crippen LogP contribution in [0.3, 0.4) is 0 Å². The average molecular weight is 1470 g/mol. The Hall–Kier alpha value is -1.94. The zero-order chi connectivity index (χ0) is 73.4. The number of aliphatic hydroxyl groups is 1. The van der Waals surface area contributed by atoms with E-state index in [2.05, 4.69) is 34.6 Å². The third-order valence-electron chi connectivity index (χ3n) is 19.4. The fourth-order valence-corrected chi connectivity index (χ4v) is 14.1. The molecule has 0 aliphatic carbocycles. The van der Waals surface area contributed by atoms with Crippen LogP contribution in [0.1, 0.15) is 433 Å². The molecule has 0 aliphatic heterocycles. The van der Waals surface area contributed by atoms with Gasteiger partial charge in [0.25, 0.3) is 0 Å². The fraction of sp³-hybridized carbons (Fsp3) is 0.951. The van der Waals surface area contributed by atoms with Gasteiger partial charge < -0.3 is 33.8 Å². The molecule has 0 fully saturated rings. The molecular weight excluding hydrogens is 1310 g/mol. The van der Waals surface area contributed by atoms with E-state index in [9.17, 15) is 43.2 Å². The number of carbonyl (C=O) groups is 4. The highest BCUT2D eigenvalue weighted by Crippen LogP contribution is 2.45. The lowest BCUT2D eigenvalue weighted by Gasteiger charge is -2.21. The Kier molecular flexibility index (Phi) is 72.5. The van der Waals surface area contributed by atoms with E-state index in [-0.39, 0.29) is 25.7 Å². The Morgan fingerprint density at radius 3 is 0.710 bits per heavy atom. The van der Waals surface area contributed by atoms with Crippen molar-refractivity contribution < 1.29 is 80.2 Å². The molecule has 594 valence electrons. The van der Waals surface area contributed by atoms with E-state index in [0.717, 1.165) is 102 Å². The SMILES string of the molecule is CCCCCCCCCCCCCCCCCCCCCCCC(=O)O[C@H](COC(=O)CCCCCCCCCCCCCCCCCCC)COP(=O)(O)OC[C@@H](O)COP(=O)(O)OC[C@@H](COC(=O)CCCCCCCCCC)OC(=O)CCCCCCCCCCCCC(C)CC. The van der Waals surface area contributed by atoms with Crippen molar-refractivity contribution in [3.8, 4) is 0 Å². The molecule has 0 aromatic heterocycles. The number of unbranched alkanes of at least 4 members (excludes halogenated alkanes) is 52. The molecule has 0 aromatic carbocycles. The summed E-state index contributed by atoms with van der Waals surface area (Å²) in [7, 11) is -9.91. The monoisotopic (exact) mass is 1470 g/mol. The van der Waals surface area contributed by atoms with E-state index in [4.69, 9.17) is 37.0 Å². The second-order valence-electron chi connectivity index (χ2n) is 29.4. The van der Waals surface area contributed by atoms with E-state index in [1.807, 2.05) is 0 Å². The largest absolute Gasteiger partial charge is 0.472 e. The summed E-state index contributed by atoms with van der Waals surface area (Å²) in [5.74, 6) is -1.31. The zero-order valence-electron chi connectivity index (χ0n) is 65.3. The fourth-order valence-electron chi connectivity index (χ4n) is 12.6. The molecule has 17 nitrogen and oxygen atoms in total. The van der Waals surface area contributed by atoms with E-state index in [1.165, 1.54) is 250 Å².